The lowest BCUT2D eigenvalue weighted by Crippen LogP contribution is -1.86. The highest BCUT2D eigenvalue weighted by Gasteiger charge is 1.94. The molecule has 0 amide bonds. The molecule has 0 N–H and O–H groups in total. The lowest BCUT2D eigenvalue weighted by molar-refractivity contribution is 0.671. The van der Waals surface area contributed by atoms with E-state index in [1.165, 1.54) is 0 Å². The van der Waals surface area contributed by atoms with Crippen LogP contribution in [0.15, 0.2) is 12.2 Å². The summed E-state index contributed by atoms with van der Waals surface area (Å²) in [5, 5.41) is 8.36. The first-order valence-corrected chi connectivity index (χ1v) is 3.32. The minimum atomic E-state index is 0.209. The van der Waals surface area contributed by atoms with Crippen LogP contribution in [-0.2, 0) is 0 Å². The molecule has 0 saturated heterocycles. The molecule has 0 saturated carbocycles. The maximum absolute atomic E-state index is 8.36. The van der Waals surface area contributed by atoms with Crippen LogP contribution in [0.25, 0.3) is 0 Å². The number of rotatable bonds is 3. The molecular formula is C8H13N. The van der Waals surface area contributed by atoms with E-state index >= 15 is 0 Å². The van der Waals surface area contributed by atoms with Gasteiger partial charge in [0.1, 0.15) is 0 Å². The minimum Gasteiger partial charge on any atom is -0.198 e. The molecule has 0 spiro atoms. The van der Waals surface area contributed by atoms with Gasteiger partial charge in [0.05, 0.1) is 6.07 Å². The molecule has 1 nitrogen and oxygen atoms in total. The average Bonchev–Trinajstić information content (AvgIpc) is 1.89. The van der Waals surface area contributed by atoms with Gasteiger partial charge in [-0.2, -0.15) is 5.26 Å². The van der Waals surface area contributed by atoms with E-state index in [0.29, 0.717) is 0 Å². The van der Waals surface area contributed by atoms with Crippen molar-refractivity contribution in [3.05, 3.63) is 12.2 Å². The zero-order valence-corrected chi connectivity index (χ0v) is 6.09. The van der Waals surface area contributed by atoms with Crippen LogP contribution in [0.2, 0.25) is 0 Å². The Morgan fingerprint density at radius 2 is 2.33 bits per heavy atom. The van der Waals surface area contributed by atoms with Gasteiger partial charge in [-0.1, -0.05) is 12.2 Å². The molecule has 0 aliphatic heterocycles. The van der Waals surface area contributed by atoms with E-state index in [0.717, 1.165) is 12.8 Å². The Hall–Kier alpha value is -0.770. The number of nitriles is 1. The molecule has 1 unspecified atom stereocenters. The van der Waals surface area contributed by atoms with E-state index in [1.54, 1.807) is 0 Å². The fourth-order valence-electron chi connectivity index (χ4n) is 0.577. The molecule has 0 radical (unpaired) electrons. The SMILES string of the molecule is CC=CCCC(C)C#N. The largest absolute Gasteiger partial charge is 0.198 e. The van der Waals surface area contributed by atoms with Crippen LogP contribution in [0.3, 0.4) is 0 Å². The van der Waals surface area contributed by atoms with E-state index in [9.17, 15) is 0 Å². The fraction of sp³-hybridized carbons (Fsp3) is 0.625. The fourth-order valence-corrected chi connectivity index (χ4v) is 0.577. The Bertz CT molecular complexity index is 119. The maximum Gasteiger partial charge on any atom is 0.0652 e. The highest BCUT2D eigenvalue weighted by molar-refractivity contribution is 4.83. The number of hydrogen-bond donors (Lipinski definition) is 0. The van der Waals surface area contributed by atoms with Crippen LogP contribution in [-0.4, -0.2) is 0 Å². The van der Waals surface area contributed by atoms with Crippen LogP contribution < -0.4 is 0 Å². The van der Waals surface area contributed by atoms with E-state index in [4.69, 9.17) is 5.26 Å². The van der Waals surface area contributed by atoms with Crippen LogP contribution >= 0.6 is 0 Å². The number of nitrogens with zero attached hydrogens (tertiary/aromatic N) is 1. The number of allylic oxidation sites excluding steroid dienone is 2. The summed E-state index contributed by atoms with van der Waals surface area (Å²) >= 11 is 0. The second-order valence-corrected chi connectivity index (χ2v) is 2.18. The predicted molar refractivity (Wildman–Crippen MR) is 38.8 cm³/mol. The molecule has 1 atom stereocenters. The van der Waals surface area contributed by atoms with Crippen molar-refractivity contribution in [1.29, 1.82) is 5.26 Å². The van der Waals surface area contributed by atoms with Crippen LogP contribution in [0.1, 0.15) is 26.7 Å². The van der Waals surface area contributed by atoms with E-state index in [1.807, 2.05) is 19.9 Å². The summed E-state index contributed by atoms with van der Waals surface area (Å²) < 4.78 is 0. The van der Waals surface area contributed by atoms with Crippen molar-refractivity contribution < 1.29 is 0 Å². The van der Waals surface area contributed by atoms with Crippen molar-refractivity contribution >= 4 is 0 Å². The molecule has 0 rings (SSSR count). The Morgan fingerprint density at radius 1 is 1.67 bits per heavy atom. The summed E-state index contributed by atoms with van der Waals surface area (Å²) in [6.45, 7) is 3.94. The Kier molecular flexibility index (Phi) is 4.91. The third-order valence-electron chi connectivity index (χ3n) is 1.22. The smallest absolute Gasteiger partial charge is 0.0652 e. The van der Waals surface area contributed by atoms with Crippen molar-refractivity contribution in [2.75, 3.05) is 0 Å². The second-order valence-electron chi connectivity index (χ2n) is 2.18. The van der Waals surface area contributed by atoms with E-state index < -0.39 is 0 Å². The average molecular weight is 123 g/mol. The Morgan fingerprint density at radius 3 is 2.78 bits per heavy atom. The van der Waals surface area contributed by atoms with Crippen molar-refractivity contribution in [2.24, 2.45) is 5.92 Å². The molecule has 9 heavy (non-hydrogen) atoms. The molecule has 1 heteroatoms. The molecule has 0 aliphatic carbocycles. The molecule has 0 aliphatic rings. The summed E-state index contributed by atoms with van der Waals surface area (Å²) in [4.78, 5) is 0. The number of hydrogen-bond acceptors (Lipinski definition) is 1. The summed E-state index contributed by atoms with van der Waals surface area (Å²) in [6, 6.07) is 2.19. The maximum atomic E-state index is 8.36. The molecular weight excluding hydrogens is 110 g/mol. The standard InChI is InChI=1S/C8H13N/c1-3-4-5-6-8(2)7-9/h3-4,8H,5-6H2,1-2H3. The molecule has 50 valence electrons. The molecule has 0 aromatic rings. The van der Waals surface area contributed by atoms with Gasteiger partial charge < -0.3 is 0 Å². The lowest BCUT2D eigenvalue weighted by Gasteiger charge is -1.94. The van der Waals surface area contributed by atoms with Gasteiger partial charge >= 0.3 is 0 Å². The van der Waals surface area contributed by atoms with Gasteiger partial charge in [-0.25, -0.2) is 0 Å². The lowest BCUT2D eigenvalue weighted by atomic mass is 10.1. The first kappa shape index (κ1) is 8.23. The van der Waals surface area contributed by atoms with Gasteiger partial charge in [0.2, 0.25) is 0 Å². The summed E-state index contributed by atoms with van der Waals surface area (Å²) in [7, 11) is 0. The van der Waals surface area contributed by atoms with Crippen LogP contribution in [0, 0.1) is 17.2 Å². The molecule has 0 aromatic heterocycles. The van der Waals surface area contributed by atoms with E-state index in [-0.39, 0.29) is 5.92 Å². The summed E-state index contributed by atoms with van der Waals surface area (Å²) in [5.74, 6) is 0.209. The molecule has 0 bridgehead atoms. The quantitative estimate of drug-likeness (QED) is 0.529. The highest BCUT2D eigenvalue weighted by Crippen LogP contribution is 2.03. The third kappa shape index (κ3) is 5.10. The van der Waals surface area contributed by atoms with Crippen molar-refractivity contribution in [3.8, 4) is 6.07 Å². The van der Waals surface area contributed by atoms with Crippen LogP contribution in [0.4, 0.5) is 0 Å². The minimum absolute atomic E-state index is 0.209. The highest BCUT2D eigenvalue weighted by atomic mass is 14.2. The van der Waals surface area contributed by atoms with E-state index in [2.05, 4.69) is 12.1 Å². The van der Waals surface area contributed by atoms with Gasteiger partial charge in [-0.15, -0.1) is 0 Å². The predicted octanol–water partition coefficient (Wildman–Crippen LogP) is 2.50. The second kappa shape index (κ2) is 5.37. The van der Waals surface area contributed by atoms with Crippen molar-refractivity contribution in [1.82, 2.24) is 0 Å². The Labute approximate surface area is 57.0 Å². The first-order valence-electron chi connectivity index (χ1n) is 3.32. The van der Waals surface area contributed by atoms with Crippen molar-refractivity contribution in [3.63, 3.8) is 0 Å². The Balaban J connectivity index is 3.19. The van der Waals surface area contributed by atoms with Gasteiger partial charge in [-0.3, -0.25) is 0 Å². The molecule has 0 aromatic carbocycles. The summed E-state index contributed by atoms with van der Waals surface area (Å²) in [6.07, 6.45) is 6.13. The first-order chi connectivity index (χ1) is 4.31. The third-order valence-corrected chi connectivity index (χ3v) is 1.22. The zero-order valence-electron chi connectivity index (χ0n) is 6.09. The summed E-state index contributed by atoms with van der Waals surface area (Å²) in [5.41, 5.74) is 0. The van der Waals surface area contributed by atoms with Gasteiger partial charge in [0, 0.05) is 5.92 Å². The monoisotopic (exact) mass is 123 g/mol. The van der Waals surface area contributed by atoms with Gasteiger partial charge in [-0.05, 0) is 26.7 Å². The normalized spacial score (nSPS) is 13.4. The van der Waals surface area contributed by atoms with Gasteiger partial charge in [0.25, 0.3) is 0 Å². The van der Waals surface area contributed by atoms with Crippen LogP contribution in [0.5, 0.6) is 0 Å². The van der Waals surface area contributed by atoms with Crippen molar-refractivity contribution in [2.45, 2.75) is 26.7 Å². The molecule has 0 heterocycles. The topological polar surface area (TPSA) is 23.8 Å². The van der Waals surface area contributed by atoms with Gasteiger partial charge in [0.15, 0.2) is 0 Å². The molecule has 0 fully saturated rings. The zero-order chi connectivity index (χ0) is 7.11.